The normalized spacial score (nSPS) is 12.1. The fourth-order valence-electron chi connectivity index (χ4n) is 1.16. The average molecular weight is 274 g/mol. The minimum absolute atomic E-state index is 0.120. The molecule has 0 spiro atoms. The molecule has 0 unspecified atom stereocenters. The summed E-state index contributed by atoms with van der Waals surface area (Å²) in [5, 5.41) is 7.12. The van der Waals surface area contributed by atoms with Gasteiger partial charge in [-0.05, 0) is 12.1 Å². The van der Waals surface area contributed by atoms with Crippen LogP contribution in [0.5, 0.6) is 0 Å². The van der Waals surface area contributed by atoms with Crippen LogP contribution in [0.15, 0.2) is 27.2 Å². The van der Waals surface area contributed by atoms with Crippen LogP contribution in [0.2, 0.25) is 0 Å². The molecule has 0 atom stereocenters. The predicted molar refractivity (Wildman–Crippen MR) is 61.7 cm³/mol. The molecule has 17 heavy (non-hydrogen) atoms. The molecule has 7 nitrogen and oxygen atoms in total. The number of furan rings is 1. The zero-order valence-electron chi connectivity index (χ0n) is 8.90. The van der Waals surface area contributed by atoms with E-state index in [0.29, 0.717) is 5.76 Å². The fraction of sp³-hybridized carbons (Fsp3) is 0.250. The minimum atomic E-state index is -3.66. The van der Waals surface area contributed by atoms with Gasteiger partial charge in [0.15, 0.2) is 0 Å². The number of nitrogens with two attached hydrogens (primary N) is 1. The van der Waals surface area contributed by atoms with Crippen molar-refractivity contribution in [1.82, 2.24) is 14.5 Å². The van der Waals surface area contributed by atoms with Gasteiger partial charge < -0.3 is 10.2 Å². The van der Waals surface area contributed by atoms with Crippen LogP contribution in [0.25, 0.3) is 0 Å². The lowest BCUT2D eigenvalue weighted by Crippen LogP contribution is -2.26. The number of anilines is 1. The summed E-state index contributed by atoms with van der Waals surface area (Å²) >= 11 is 0.831. The lowest BCUT2D eigenvalue weighted by molar-refractivity contribution is 0.406. The molecule has 0 fully saturated rings. The van der Waals surface area contributed by atoms with Crippen molar-refractivity contribution >= 4 is 26.5 Å². The fourth-order valence-corrected chi connectivity index (χ4v) is 3.27. The Hall–Kier alpha value is -1.45. The van der Waals surface area contributed by atoms with E-state index in [1.807, 2.05) is 0 Å². The maximum absolute atomic E-state index is 12.0. The quantitative estimate of drug-likeness (QED) is 0.872. The third-order valence-corrected chi connectivity index (χ3v) is 4.91. The van der Waals surface area contributed by atoms with E-state index in [-0.39, 0.29) is 16.0 Å². The molecule has 0 saturated heterocycles. The number of hydrogen-bond donors (Lipinski definition) is 1. The second kappa shape index (κ2) is 4.43. The van der Waals surface area contributed by atoms with Gasteiger partial charge in [0.05, 0.1) is 12.8 Å². The summed E-state index contributed by atoms with van der Waals surface area (Å²) < 4.78 is 30.1. The van der Waals surface area contributed by atoms with E-state index in [2.05, 4.69) is 10.2 Å². The maximum atomic E-state index is 12.0. The van der Waals surface area contributed by atoms with Crippen LogP contribution in [0, 0.1) is 0 Å². The molecule has 0 aliphatic heterocycles. The monoisotopic (exact) mass is 274 g/mol. The smallest absolute Gasteiger partial charge is 0.272 e. The van der Waals surface area contributed by atoms with Gasteiger partial charge in [-0.2, -0.15) is 4.31 Å². The van der Waals surface area contributed by atoms with Gasteiger partial charge in [0.1, 0.15) is 5.76 Å². The first-order valence-electron chi connectivity index (χ1n) is 4.58. The lowest BCUT2D eigenvalue weighted by atomic mass is 10.4. The molecule has 0 bridgehead atoms. The highest BCUT2D eigenvalue weighted by Gasteiger charge is 2.25. The lowest BCUT2D eigenvalue weighted by Gasteiger charge is -2.12. The van der Waals surface area contributed by atoms with Crippen molar-refractivity contribution in [3.63, 3.8) is 0 Å². The average Bonchev–Trinajstić information content (AvgIpc) is 2.89. The summed E-state index contributed by atoms with van der Waals surface area (Å²) in [6, 6.07) is 3.39. The molecule has 0 aromatic carbocycles. The zero-order chi connectivity index (χ0) is 12.5. The van der Waals surface area contributed by atoms with Crippen molar-refractivity contribution in [1.29, 1.82) is 0 Å². The molecule has 2 aromatic rings. The molecule has 9 heteroatoms. The third kappa shape index (κ3) is 2.46. The number of hydrogen-bond acceptors (Lipinski definition) is 7. The summed E-state index contributed by atoms with van der Waals surface area (Å²) in [6.07, 6.45) is 1.48. The molecule has 2 rings (SSSR count). The van der Waals surface area contributed by atoms with Gasteiger partial charge in [0.25, 0.3) is 10.0 Å². The first-order valence-corrected chi connectivity index (χ1v) is 6.83. The Morgan fingerprint density at radius 2 is 2.29 bits per heavy atom. The molecule has 2 N–H and O–H groups in total. The van der Waals surface area contributed by atoms with Crippen LogP contribution in [0.1, 0.15) is 5.76 Å². The molecular weight excluding hydrogens is 264 g/mol. The second-order valence-electron chi connectivity index (χ2n) is 3.25. The van der Waals surface area contributed by atoms with Crippen molar-refractivity contribution in [3.05, 3.63) is 24.2 Å². The van der Waals surface area contributed by atoms with E-state index in [1.54, 1.807) is 12.1 Å². The summed E-state index contributed by atoms with van der Waals surface area (Å²) in [7, 11) is -2.22. The van der Waals surface area contributed by atoms with Gasteiger partial charge in [-0.1, -0.05) is 11.3 Å². The van der Waals surface area contributed by atoms with Gasteiger partial charge in [0, 0.05) is 7.05 Å². The van der Waals surface area contributed by atoms with Crippen molar-refractivity contribution in [3.8, 4) is 0 Å². The summed E-state index contributed by atoms with van der Waals surface area (Å²) in [6.45, 7) is 0.134. The van der Waals surface area contributed by atoms with E-state index in [4.69, 9.17) is 10.2 Å². The van der Waals surface area contributed by atoms with Crippen LogP contribution in [-0.4, -0.2) is 30.0 Å². The highest BCUT2D eigenvalue weighted by atomic mass is 32.2. The Morgan fingerprint density at radius 1 is 1.53 bits per heavy atom. The molecule has 0 saturated carbocycles. The number of nitrogens with zero attached hydrogens (tertiary/aromatic N) is 3. The van der Waals surface area contributed by atoms with E-state index in [9.17, 15) is 8.42 Å². The Morgan fingerprint density at radius 3 is 2.82 bits per heavy atom. The molecule has 2 aromatic heterocycles. The largest absolute Gasteiger partial charge is 0.468 e. The highest BCUT2D eigenvalue weighted by molar-refractivity contribution is 7.91. The van der Waals surface area contributed by atoms with Crippen LogP contribution < -0.4 is 5.73 Å². The maximum Gasteiger partial charge on any atom is 0.272 e. The predicted octanol–water partition coefficient (Wildman–Crippen LogP) is 0.534. The summed E-state index contributed by atoms with van der Waals surface area (Å²) in [5.41, 5.74) is 5.35. The van der Waals surface area contributed by atoms with E-state index < -0.39 is 10.0 Å². The van der Waals surface area contributed by atoms with Crippen LogP contribution >= 0.6 is 11.3 Å². The Balaban J connectivity index is 2.21. The van der Waals surface area contributed by atoms with Gasteiger partial charge in [-0.25, -0.2) is 8.42 Å². The number of aromatic nitrogens is 2. The van der Waals surface area contributed by atoms with Crippen molar-refractivity contribution < 1.29 is 12.8 Å². The zero-order valence-corrected chi connectivity index (χ0v) is 10.5. The summed E-state index contributed by atoms with van der Waals surface area (Å²) in [5.74, 6) is 0.550. The van der Waals surface area contributed by atoms with Crippen molar-refractivity contribution in [2.45, 2.75) is 10.9 Å². The Bertz CT molecular complexity index is 590. The van der Waals surface area contributed by atoms with E-state index in [1.165, 1.54) is 13.3 Å². The SMILES string of the molecule is CN(Cc1ccco1)S(=O)(=O)c1nnc(N)s1. The molecule has 0 aliphatic rings. The molecule has 2 heterocycles. The topological polar surface area (TPSA) is 102 Å². The van der Waals surface area contributed by atoms with Crippen molar-refractivity contribution in [2.75, 3.05) is 12.8 Å². The van der Waals surface area contributed by atoms with Gasteiger partial charge in [-0.3, -0.25) is 0 Å². The number of sulfonamides is 1. The molecule has 0 radical (unpaired) electrons. The Kier molecular flexibility index (Phi) is 3.13. The molecule has 92 valence electrons. The van der Waals surface area contributed by atoms with Gasteiger partial charge in [0.2, 0.25) is 9.47 Å². The first kappa shape index (κ1) is 12.0. The standard InChI is InChI=1S/C8H10N4O3S2/c1-12(5-6-3-2-4-15-6)17(13,14)8-11-10-7(9)16-8/h2-4H,5H2,1H3,(H2,9,10). The van der Waals surface area contributed by atoms with Crippen LogP contribution in [-0.2, 0) is 16.6 Å². The Labute approximate surface area is 102 Å². The molecule has 0 aliphatic carbocycles. The van der Waals surface area contributed by atoms with E-state index in [0.717, 1.165) is 15.6 Å². The minimum Gasteiger partial charge on any atom is -0.468 e. The summed E-state index contributed by atoms with van der Waals surface area (Å²) in [4.78, 5) is 0. The highest BCUT2D eigenvalue weighted by Crippen LogP contribution is 2.21. The van der Waals surface area contributed by atoms with Crippen molar-refractivity contribution in [2.24, 2.45) is 0 Å². The van der Waals surface area contributed by atoms with Crippen LogP contribution in [0.3, 0.4) is 0 Å². The number of nitrogen functional groups attached to an aromatic ring is 1. The molecule has 0 amide bonds. The van der Waals surface area contributed by atoms with Crippen LogP contribution in [0.4, 0.5) is 5.13 Å². The second-order valence-corrected chi connectivity index (χ2v) is 6.47. The van der Waals surface area contributed by atoms with E-state index >= 15 is 0 Å². The molecular formula is C8H10N4O3S2. The van der Waals surface area contributed by atoms with Gasteiger partial charge in [-0.15, -0.1) is 10.2 Å². The first-order chi connectivity index (χ1) is 8.00. The van der Waals surface area contributed by atoms with Gasteiger partial charge >= 0.3 is 0 Å². The third-order valence-electron chi connectivity index (χ3n) is 2.01. The number of rotatable bonds is 4.